The number of nitrogens with zero attached hydrogens (tertiary/aromatic N) is 3. The zero-order valence-electron chi connectivity index (χ0n) is 10.2. The third-order valence-corrected chi connectivity index (χ3v) is 2.60. The van der Waals surface area contributed by atoms with Crippen LogP contribution in [0.2, 0.25) is 0 Å². The number of hydrogen-bond donors (Lipinski definition) is 2. The van der Waals surface area contributed by atoms with Crippen molar-refractivity contribution in [3.63, 3.8) is 0 Å². The van der Waals surface area contributed by atoms with Crippen LogP contribution in [0.4, 0.5) is 11.8 Å². The van der Waals surface area contributed by atoms with E-state index in [0.717, 1.165) is 0 Å². The molecule has 0 aliphatic carbocycles. The molecule has 0 aliphatic heterocycles. The Hall–Kier alpha value is -3.27. The summed E-state index contributed by atoms with van der Waals surface area (Å²) >= 11 is 0. The first kappa shape index (κ1) is 11.8. The normalized spacial score (nSPS) is 10.3. The number of nitrogens with two attached hydrogens (primary N) is 2. The Morgan fingerprint density at radius 2 is 2.00 bits per heavy atom. The number of ether oxygens (including phenoxy) is 1. The minimum Gasteiger partial charge on any atom is -0.442 e. The van der Waals surface area contributed by atoms with Crippen LogP contribution in [0.3, 0.4) is 0 Å². The van der Waals surface area contributed by atoms with Crippen LogP contribution in [-0.2, 0) is 0 Å². The molecule has 0 amide bonds. The molecule has 98 valence electrons. The number of nitriles is 1. The number of furan rings is 1. The average Bonchev–Trinajstić information content (AvgIpc) is 2.76. The third kappa shape index (κ3) is 1.95. The number of hydrogen-bond acceptors (Lipinski definition) is 7. The Morgan fingerprint density at radius 1 is 1.20 bits per heavy atom. The molecule has 0 spiro atoms. The van der Waals surface area contributed by atoms with Gasteiger partial charge in [0.15, 0.2) is 5.75 Å². The van der Waals surface area contributed by atoms with Crippen molar-refractivity contribution in [1.82, 2.24) is 9.97 Å². The summed E-state index contributed by atoms with van der Waals surface area (Å²) in [6, 6.07) is 10.5. The molecule has 3 aromatic rings. The van der Waals surface area contributed by atoms with Crippen LogP contribution in [0.25, 0.3) is 11.0 Å². The van der Waals surface area contributed by atoms with E-state index in [1.807, 2.05) is 12.1 Å². The molecule has 0 bridgehead atoms. The highest BCUT2D eigenvalue weighted by Crippen LogP contribution is 2.35. The van der Waals surface area contributed by atoms with Gasteiger partial charge in [0.2, 0.25) is 17.6 Å². The molecule has 1 aromatic carbocycles. The summed E-state index contributed by atoms with van der Waals surface area (Å²) in [6.07, 6.45) is 0. The first-order chi connectivity index (χ1) is 9.67. The van der Waals surface area contributed by atoms with Gasteiger partial charge < -0.3 is 20.6 Å². The lowest BCUT2D eigenvalue weighted by atomic mass is 10.2. The average molecular weight is 267 g/mol. The summed E-state index contributed by atoms with van der Waals surface area (Å²) in [5.41, 5.74) is 11.6. The largest absolute Gasteiger partial charge is 0.442 e. The first-order valence-electron chi connectivity index (χ1n) is 5.67. The monoisotopic (exact) mass is 267 g/mol. The lowest BCUT2D eigenvalue weighted by Crippen LogP contribution is -2.00. The Morgan fingerprint density at radius 3 is 2.75 bits per heavy atom. The second kappa shape index (κ2) is 4.44. The van der Waals surface area contributed by atoms with Gasteiger partial charge in [0.1, 0.15) is 17.5 Å². The van der Waals surface area contributed by atoms with Crippen LogP contribution in [0.1, 0.15) is 5.76 Å². The predicted molar refractivity (Wildman–Crippen MR) is 71.9 cm³/mol. The zero-order chi connectivity index (χ0) is 14.1. The summed E-state index contributed by atoms with van der Waals surface area (Å²) in [7, 11) is 0. The smallest absolute Gasteiger partial charge is 0.247 e. The predicted octanol–water partition coefficient (Wildman–Crippen LogP) is 2.05. The molecular weight excluding hydrogens is 258 g/mol. The fourth-order valence-electron chi connectivity index (χ4n) is 1.81. The maximum absolute atomic E-state index is 9.10. The van der Waals surface area contributed by atoms with Crippen molar-refractivity contribution in [2.45, 2.75) is 0 Å². The summed E-state index contributed by atoms with van der Waals surface area (Å²) in [5.74, 6) is 0.658. The van der Waals surface area contributed by atoms with Crippen molar-refractivity contribution in [3.8, 4) is 17.7 Å². The van der Waals surface area contributed by atoms with Crippen LogP contribution in [0.15, 0.2) is 34.7 Å². The van der Waals surface area contributed by atoms with E-state index in [2.05, 4.69) is 9.97 Å². The van der Waals surface area contributed by atoms with Gasteiger partial charge in [-0.25, -0.2) is 0 Å². The molecule has 3 rings (SSSR count). The highest BCUT2D eigenvalue weighted by Gasteiger charge is 2.16. The molecule has 0 atom stereocenters. The Balaban J connectivity index is 2.12. The van der Waals surface area contributed by atoms with Gasteiger partial charge in [-0.2, -0.15) is 15.2 Å². The van der Waals surface area contributed by atoms with E-state index in [-0.39, 0.29) is 29.2 Å². The number of benzene rings is 1. The van der Waals surface area contributed by atoms with Crippen molar-refractivity contribution in [1.29, 1.82) is 5.26 Å². The zero-order valence-corrected chi connectivity index (χ0v) is 10.2. The lowest BCUT2D eigenvalue weighted by molar-refractivity contribution is 0.450. The van der Waals surface area contributed by atoms with E-state index in [4.69, 9.17) is 25.9 Å². The van der Waals surface area contributed by atoms with Gasteiger partial charge in [-0.05, 0) is 12.1 Å². The molecule has 2 heterocycles. The number of para-hydroxylation sites is 1. The SMILES string of the molecule is N#Cc1oc2ccccc2c1Oc1cc(N)nc(N)n1. The van der Waals surface area contributed by atoms with Gasteiger partial charge in [0.05, 0.1) is 5.39 Å². The first-order valence-corrected chi connectivity index (χ1v) is 5.67. The van der Waals surface area contributed by atoms with E-state index in [9.17, 15) is 0 Å². The molecule has 0 saturated carbocycles. The van der Waals surface area contributed by atoms with E-state index < -0.39 is 0 Å². The molecule has 0 unspecified atom stereocenters. The van der Waals surface area contributed by atoms with Crippen LogP contribution in [-0.4, -0.2) is 9.97 Å². The van der Waals surface area contributed by atoms with Gasteiger partial charge in [-0.1, -0.05) is 12.1 Å². The molecule has 0 fully saturated rings. The van der Waals surface area contributed by atoms with Gasteiger partial charge in [-0.3, -0.25) is 0 Å². The topological polar surface area (TPSA) is 124 Å². The maximum atomic E-state index is 9.10. The maximum Gasteiger partial charge on any atom is 0.247 e. The summed E-state index contributed by atoms with van der Waals surface area (Å²) in [4.78, 5) is 7.65. The van der Waals surface area contributed by atoms with Crippen LogP contribution in [0, 0.1) is 11.3 Å². The van der Waals surface area contributed by atoms with E-state index in [1.165, 1.54) is 6.07 Å². The Bertz CT molecular complexity index is 814. The van der Waals surface area contributed by atoms with Gasteiger partial charge in [0.25, 0.3) is 0 Å². The molecule has 7 heteroatoms. The highest BCUT2D eigenvalue weighted by atomic mass is 16.5. The summed E-state index contributed by atoms with van der Waals surface area (Å²) in [6.45, 7) is 0. The lowest BCUT2D eigenvalue weighted by Gasteiger charge is -2.04. The van der Waals surface area contributed by atoms with Crippen molar-refractivity contribution in [2.24, 2.45) is 0 Å². The van der Waals surface area contributed by atoms with E-state index in [0.29, 0.717) is 11.0 Å². The fourth-order valence-corrected chi connectivity index (χ4v) is 1.81. The molecule has 0 aliphatic rings. The molecule has 0 radical (unpaired) electrons. The number of rotatable bonds is 2. The van der Waals surface area contributed by atoms with Crippen LogP contribution < -0.4 is 16.2 Å². The molecule has 4 N–H and O–H groups in total. The standard InChI is InChI=1S/C13H9N5O2/c14-6-9-12(7-3-1-2-4-8(7)19-9)20-11-5-10(15)17-13(16)18-11/h1-5H,(H4,15,16,17,18). The molecule has 2 aromatic heterocycles. The van der Waals surface area contributed by atoms with Gasteiger partial charge >= 0.3 is 0 Å². The van der Waals surface area contributed by atoms with Crippen LogP contribution >= 0.6 is 0 Å². The second-order valence-electron chi connectivity index (χ2n) is 3.96. The quantitative estimate of drug-likeness (QED) is 0.727. The Kier molecular flexibility index (Phi) is 2.62. The van der Waals surface area contributed by atoms with Crippen molar-refractivity contribution in [2.75, 3.05) is 11.5 Å². The van der Waals surface area contributed by atoms with Gasteiger partial charge in [-0.15, -0.1) is 0 Å². The minimum atomic E-state index is -0.00805. The highest BCUT2D eigenvalue weighted by molar-refractivity contribution is 5.86. The molecule has 20 heavy (non-hydrogen) atoms. The van der Waals surface area contributed by atoms with Gasteiger partial charge in [0, 0.05) is 6.07 Å². The number of aromatic nitrogens is 2. The molecule has 7 nitrogen and oxygen atoms in total. The molecule has 0 saturated heterocycles. The second-order valence-corrected chi connectivity index (χ2v) is 3.96. The fraction of sp³-hybridized carbons (Fsp3) is 0. The van der Waals surface area contributed by atoms with Crippen molar-refractivity contribution in [3.05, 3.63) is 36.1 Å². The van der Waals surface area contributed by atoms with Crippen LogP contribution in [0.5, 0.6) is 11.6 Å². The van der Waals surface area contributed by atoms with E-state index in [1.54, 1.807) is 18.2 Å². The Labute approximate surface area is 113 Å². The molecular formula is C13H9N5O2. The van der Waals surface area contributed by atoms with E-state index >= 15 is 0 Å². The number of nitrogen functional groups attached to an aromatic ring is 2. The summed E-state index contributed by atoms with van der Waals surface area (Å²) in [5, 5.41) is 9.77. The van der Waals surface area contributed by atoms with Crippen molar-refractivity contribution >= 4 is 22.7 Å². The van der Waals surface area contributed by atoms with Crippen molar-refractivity contribution < 1.29 is 9.15 Å². The minimum absolute atomic E-state index is 0.00805. The number of fused-ring (bicyclic) bond motifs is 1. The summed E-state index contributed by atoms with van der Waals surface area (Å²) < 4.78 is 11.0. The third-order valence-electron chi connectivity index (χ3n) is 2.60. The number of anilines is 2.